The second-order valence-corrected chi connectivity index (χ2v) is 6.25. The highest BCUT2D eigenvalue weighted by Gasteiger charge is 2.05. The Kier molecular flexibility index (Phi) is 12.0. The number of guanidine groups is 1. The molecule has 0 aliphatic heterocycles. The third-order valence-corrected chi connectivity index (χ3v) is 4.06. The molecule has 0 saturated heterocycles. The molecule has 154 valence electrons. The van der Waals surface area contributed by atoms with E-state index in [1.165, 1.54) is 5.56 Å². The second kappa shape index (κ2) is 14.0. The fraction of sp³-hybridized carbons (Fsp3) is 0.429. The lowest BCUT2D eigenvalue weighted by molar-refractivity contribution is 0.336. The zero-order valence-electron chi connectivity index (χ0n) is 17.0. The molecule has 0 atom stereocenters. The molecule has 3 N–H and O–H groups in total. The van der Waals surface area contributed by atoms with Gasteiger partial charge >= 0.3 is 0 Å². The van der Waals surface area contributed by atoms with E-state index in [1.807, 2.05) is 25.1 Å². The first-order valence-corrected chi connectivity index (χ1v) is 9.54. The minimum absolute atomic E-state index is 0. The zero-order chi connectivity index (χ0) is 19.3. The highest BCUT2D eigenvalue weighted by atomic mass is 127. The molecule has 1 heterocycles. The maximum absolute atomic E-state index is 5.73. The number of anilines is 1. The van der Waals surface area contributed by atoms with Gasteiger partial charge in [0.1, 0.15) is 11.6 Å². The topological polar surface area (TPSA) is 70.6 Å². The molecule has 0 radical (unpaired) electrons. The molecule has 1 aromatic heterocycles. The number of ether oxygens (including phenoxy) is 1. The number of nitrogens with zero attached hydrogens (tertiary/aromatic N) is 2. The van der Waals surface area contributed by atoms with Crippen molar-refractivity contribution in [2.45, 2.75) is 33.2 Å². The van der Waals surface area contributed by atoms with Crippen LogP contribution in [0.15, 0.2) is 47.6 Å². The highest BCUT2D eigenvalue weighted by Crippen LogP contribution is 2.20. The van der Waals surface area contributed by atoms with Gasteiger partial charge in [0.15, 0.2) is 5.96 Å². The first-order valence-electron chi connectivity index (χ1n) is 9.54. The lowest BCUT2D eigenvalue weighted by atomic mass is 10.1. The summed E-state index contributed by atoms with van der Waals surface area (Å²) in [7, 11) is 1.79. The van der Waals surface area contributed by atoms with E-state index in [9.17, 15) is 0 Å². The molecule has 0 unspecified atom stereocenters. The molecular formula is C21H32IN5O. The number of hydrogen-bond acceptors (Lipinski definition) is 4. The van der Waals surface area contributed by atoms with E-state index in [0.717, 1.165) is 49.0 Å². The van der Waals surface area contributed by atoms with E-state index in [-0.39, 0.29) is 24.0 Å². The Labute approximate surface area is 185 Å². The van der Waals surface area contributed by atoms with Gasteiger partial charge in [-0.3, -0.25) is 4.99 Å². The van der Waals surface area contributed by atoms with Crippen LogP contribution in [0.1, 0.15) is 30.9 Å². The third kappa shape index (κ3) is 8.77. The van der Waals surface area contributed by atoms with E-state index >= 15 is 0 Å². The summed E-state index contributed by atoms with van der Waals surface area (Å²) in [6, 6.07) is 12.2. The van der Waals surface area contributed by atoms with Crippen LogP contribution in [0.3, 0.4) is 0 Å². The molecule has 2 aromatic rings. The molecule has 0 bridgehead atoms. The van der Waals surface area contributed by atoms with Gasteiger partial charge < -0.3 is 20.7 Å². The fourth-order valence-corrected chi connectivity index (χ4v) is 2.64. The van der Waals surface area contributed by atoms with Gasteiger partial charge in [-0.2, -0.15) is 0 Å². The molecule has 0 aliphatic rings. The largest absolute Gasteiger partial charge is 0.494 e. The average molecular weight is 497 g/mol. The smallest absolute Gasteiger partial charge is 0.191 e. The molecule has 28 heavy (non-hydrogen) atoms. The number of nitrogens with one attached hydrogen (secondary N) is 3. The van der Waals surface area contributed by atoms with Crippen molar-refractivity contribution in [3.63, 3.8) is 0 Å². The monoisotopic (exact) mass is 497 g/mol. The average Bonchev–Trinajstić information content (AvgIpc) is 2.69. The number of unbranched alkanes of at least 4 members (excludes halogenated alkanes) is 1. The first-order chi connectivity index (χ1) is 13.2. The Hall–Kier alpha value is -2.03. The van der Waals surface area contributed by atoms with E-state index in [0.29, 0.717) is 13.2 Å². The SMILES string of the molecule is CCOc1cc(C)ccc1CNC(=NC)NCCCCNc1ccccn1.I. The van der Waals surface area contributed by atoms with Gasteiger partial charge in [0.2, 0.25) is 0 Å². The lowest BCUT2D eigenvalue weighted by Crippen LogP contribution is -2.37. The van der Waals surface area contributed by atoms with Crippen molar-refractivity contribution in [1.82, 2.24) is 15.6 Å². The van der Waals surface area contributed by atoms with Crippen LogP contribution in [-0.4, -0.2) is 37.7 Å². The van der Waals surface area contributed by atoms with Crippen LogP contribution in [0.4, 0.5) is 5.82 Å². The van der Waals surface area contributed by atoms with Crippen LogP contribution in [-0.2, 0) is 6.54 Å². The molecule has 0 spiro atoms. The number of aliphatic imine (C=N–C) groups is 1. The van der Waals surface area contributed by atoms with Crippen LogP contribution in [0.2, 0.25) is 0 Å². The van der Waals surface area contributed by atoms with E-state index in [4.69, 9.17) is 4.74 Å². The Bertz CT molecular complexity index is 709. The summed E-state index contributed by atoms with van der Waals surface area (Å²) in [6.07, 6.45) is 3.91. The van der Waals surface area contributed by atoms with Gasteiger partial charge in [0.25, 0.3) is 0 Å². The predicted octanol–water partition coefficient (Wildman–Crippen LogP) is 3.96. The van der Waals surface area contributed by atoms with E-state index in [2.05, 4.69) is 51.0 Å². The Balaban J connectivity index is 0.00000392. The number of pyridine rings is 1. The fourth-order valence-electron chi connectivity index (χ4n) is 2.64. The predicted molar refractivity (Wildman–Crippen MR) is 128 cm³/mol. The number of benzene rings is 1. The van der Waals surface area contributed by atoms with Crippen LogP contribution in [0.5, 0.6) is 5.75 Å². The summed E-state index contributed by atoms with van der Waals surface area (Å²) in [5.41, 5.74) is 2.33. The van der Waals surface area contributed by atoms with Gasteiger partial charge in [-0.1, -0.05) is 18.2 Å². The minimum atomic E-state index is 0. The maximum atomic E-state index is 5.73. The van der Waals surface area contributed by atoms with Gasteiger partial charge in [0, 0.05) is 38.4 Å². The van der Waals surface area contributed by atoms with Gasteiger partial charge in [-0.25, -0.2) is 4.98 Å². The standard InChI is InChI=1S/C21H31N5O.HI/c1-4-27-19-15-17(2)10-11-18(19)16-26-21(22-3)25-14-8-7-13-24-20-9-5-6-12-23-20;/h5-6,9-12,15H,4,7-8,13-14,16H2,1-3H3,(H,23,24)(H2,22,25,26);1H. The Morgan fingerprint density at radius 1 is 1.11 bits per heavy atom. The van der Waals surface area contributed by atoms with E-state index < -0.39 is 0 Å². The van der Waals surface area contributed by atoms with Crippen LogP contribution < -0.4 is 20.7 Å². The maximum Gasteiger partial charge on any atom is 0.191 e. The van der Waals surface area contributed by atoms with Crippen molar-refractivity contribution in [1.29, 1.82) is 0 Å². The normalized spacial score (nSPS) is 10.8. The van der Waals surface area contributed by atoms with Crippen molar-refractivity contribution < 1.29 is 4.74 Å². The molecule has 0 saturated carbocycles. The van der Waals surface area contributed by atoms with Crippen LogP contribution >= 0.6 is 24.0 Å². The summed E-state index contributed by atoms with van der Waals surface area (Å²) in [6.45, 7) is 7.19. The van der Waals surface area contributed by atoms with Crippen molar-refractivity contribution in [2.24, 2.45) is 4.99 Å². The van der Waals surface area contributed by atoms with Crippen molar-refractivity contribution in [3.05, 3.63) is 53.7 Å². The number of aromatic nitrogens is 1. The number of aryl methyl sites for hydroxylation is 1. The molecule has 0 amide bonds. The molecule has 1 aromatic carbocycles. The first kappa shape index (κ1) is 24.0. The number of halogens is 1. The second-order valence-electron chi connectivity index (χ2n) is 6.25. The van der Waals surface area contributed by atoms with Crippen molar-refractivity contribution in [2.75, 3.05) is 32.1 Å². The Morgan fingerprint density at radius 3 is 2.64 bits per heavy atom. The van der Waals surface area contributed by atoms with Gasteiger partial charge in [-0.05, 0) is 50.5 Å². The van der Waals surface area contributed by atoms with Crippen LogP contribution in [0, 0.1) is 6.92 Å². The van der Waals surface area contributed by atoms with E-state index in [1.54, 1.807) is 13.2 Å². The molecular weight excluding hydrogens is 465 g/mol. The molecule has 6 nitrogen and oxygen atoms in total. The zero-order valence-corrected chi connectivity index (χ0v) is 19.3. The summed E-state index contributed by atoms with van der Waals surface area (Å²) in [5, 5.41) is 10.0. The highest BCUT2D eigenvalue weighted by molar-refractivity contribution is 14.0. The summed E-state index contributed by atoms with van der Waals surface area (Å²) >= 11 is 0. The summed E-state index contributed by atoms with van der Waals surface area (Å²) in [4.78, 5) is 8.54. The molecule has 0 aliphatic carbocycles. The molecule has 2 rings (SSSR count). The molecule has 0 fully saturated rings. The third-order valence-electron chi connectivity index (χ3n) is 4.06. The summed E-state index contributed by atoms with van der Waals surface area (Å²) in [5.74, 6) is 2.66. The number of hydrogen-bond donors (Lipinski definition) is 3. The van der Waals surface area contributed by atoms with Gasteiger partial charge in [0.05, 0.1) is 6.61 Å². The lowest BCUT2D eigenvalue weighted by Gasteiger charge is -2.15. The minimum Gasteiger partial charge on any atom is -0.494 e. The van der Waals surface area contributed by atoms with Gasteiger partial charge in [-0.15, -0.1) is 24.0 Å². The van der Waals surface area contributed by atoms with Crippen molar-refractivity contribution in [3.8, 4) is 5.75 Å². The summed E-state index contributed by atoms with van der Waals surface area (Å²) < 4.78 is 5.73. The number of rotatable bonds is 10. The molecule has 7 heteroatoms. The van der Waals surface area contributed by atoms with Crippen LogP contribution in [0.25, 0.3) is 0 Å². The Morgan fingerprint density at radius 2 is 1.93 bits per heavy atom. The quantitative estimate of drug-likeness (QED) is 0.201. The van der Waals surface area contributed by atoms with Crippen molar-refractivity contribution >= 4 is 35.8 Å².